The Morgan fingerprint density at radius 3 is 2.54 bits per heavy atom. The Morgan fingerprint density at radius 1 is 1.06 bits per heavy atom. The number of aryl methyl sites for hydroxylation is 1. The van der Waals surface area contributed by atoms with Gasteiger partial charge in [-0.3, -0.25) is 4.79 Å². The van der Waals surface area contributed by atoms with Gasteiger partial charge >= 0.3 is 0 Å². The van der Waals surface area contributed by atoms with Gasteiger partial charge in [-0.2, -0.15) is 5.26 Å². The summed E-state index contributed by atoms with van der Waals surface area (Å²) in [6, 6.07) is 16.5. The lowest BCUT2D eigenvalue weighted by atomic mass is 9.96. The Morgan fingerprint density at radius 2 is 1.80 bits per heavy atom. The molecule has 176 valence electrons. The minimum absolute atomic E-state index is 0.156. The summed E-state index contributed by atoms with van der Waals surface area (Å²) in [6.45, 7) is 0. The zero-order valence-corrected chi connectivity index (χ0v) is 20.2. The van der Waals surface area contributed by atoms with Crippen molar-refractivity contribution in [2.45, 2.75) is 25.7 Å². The van der Waals surface area contributed by atoms with Crippen LogP contribution in [0.25, 0.3) is 11.0 Å². The molecular weight excluding hydrogens is 462 g/mol. The SMILES string of the molecule is COc1ccc(NC(=O)c2cc3cc(OC)ccc3oc2=Nc2sc3c(c2C#N)CCCC3)cc1. The summed E-state index contributed by atoms with van der Waals surface area (Å²) < 4.78 is 16.6. The molecule has 4 aromatic rings. The van der Waals surface area contributed by atoms with E-state index in [1.54, 1.807) is 62.8 Å². The van der Waals surface area contributed by atoms with Crippen molar-refractivity contribution in [3.63, 3.8) is 0 Å². The van der Waals surface area contributed by atoms with Gasteiger partial charge in [0.05, 0.1) is 19.8 Å². The third-order valence-electron chi connectivity index (χ3n) is 6.01. The molecular formula is C27H23N3O4S. The smallest absolute Gasteiger partial charge is 0.261 e. The lowest BCUT2D eigenvalue weighted by Crippen LogP contribution is -2.21. The number of benzene rings is 2. The van der Waals surface area contributed by atoms with Gasteiger partial charge in [-0.25, -0.2) is 4.99 Å². The third kappa shape index (κ3) is 4.51. The van der Waals surface area contributed by atoms with Crippen molar-refractivity contribution >= 4 is 38.9 Å². The number of ether oxygens (including phenoxy) is 2. The molecule has 7 nitrogen and oxygen atoms in total. The summed E-state index contributed by atoms with van der Waals surface area (Å²) >= 11 is 1.51. The number of thiophene rings is 1. The quantitative estimate of drug-likeness (QED) is 0.388. The topological polar surface area (TPSA) is 96.8 Å². The number of carbonyl (C=O) groups excluding carboxylic acids is 1. The van der Waals surface area contributed by atoms with Crippen LogP contribution in [0.15, 0.2) is 57.9 Å². The fourth-order valence-corrected chi connectivity index (χ4v) is 5.40. The summed E-state index contributed by atoms with van der Waals surface area (Å²) in [7, 11) is 3.17. The predicted octanol–water partition coefficient (Wildman–Crippen LogP) is 5.75. The molecule has 2 heterocycles. The number of carbonyl (C=O) groups is 1. The van der Waals surface area contributed by atoms with Crippen molar-refractivity contribution in [2.24, 2.45) is 4.99 Å². The van der Waals surface area contributed by atoms with Crippen LogP contribution in [0, 0.1) is 11.3 Å². The van der Waals surface area contributed by atoms with E-state index in [2.05, 4.69) is 11.4 Å². The predicted molar refractivity (Wildman–Crippen MR) is 135 cm³/mol. The second-order valence-corrected chi connectivity index (χ2v) is 9.25. The molecule has 0 saturated carbocycles. The molecule has 1 N–H and O–H groups in total. The number of methoxy groups -OCH3 is 2. The van der Waals surface area contributed by atoms with Crippen LogP contribution in [0.1, 0.15) is 39.2 Å². The van der Waals surface area contributed by atoms with Crippen LogP contribution in [0.2, 0.25) is 0 Å². The molecule has 5 rings (SSSR count). The number of nitriles is 1. The van der Waals surface area contributed by atoms with Gasteiger partial charge < -0.3 is 19.2 Å². The van der Waals surface area contributed by atoms with Gasteiger partial charge in [0, 0.05) is 16.0 Å². The highest BCUT2D eigenvalue weighted by molar-refractivity contribution is 7.16. The molecule has 1 aliphatic rings. The lowest BCUT2D eigenvalue weighted by molar-refractivity contribution is 0.102. The molecule has 0 saturated heterocycles. The highest BCUT2D eigenvalue weighted by Crippen LogP contribution is 2.39. The van der Waals surface area contributed by atoms with Crippen LogP contribution in [-0.4, -0.2) is 20.1 Å². The zero-order valence-electron chi connectivity index (χ0n) is 19.4. The van der Waals surface area contributed by atoms with E-state index in [1.807, 2.05) is 0 Å². The number of rotatable bonds is 5. The van der Waals surface area contributed by atoms with Crippen molar-refractivity contribution in [1.29, 1.82) is 5.26 Å². The first-order valence-electron chi connectivity index (χ1n) is 11.3. The van der Waals surface area contributed by atoms with Crippen molar-refractivity contribution in [2.75, 3.05) is 19.5 Å². The van der Waals surface area contributed by atoms with Crippen LogP contribution in [0.3, 0.4) is 0 Å². The molecule has 0 atom stereocenters. The summed E-state index contributed by atoms with van der Waals surface area (Å²) in [4.78, 5) is 19.3. The first-order chi connectivity index (χ1) is 17.1. The first-order valence-corrected chi connectivity index (χ1v) is 12.1. The standard InChI is InChI=1S/C27H23N3O4S/c1-32-18-9-7-17(8-10-18)29-25(31)21-14-16-13-19(33-2)11-12-23(16)34-26(21)30-27-22(15-28)20-5-3-4-6-24(20)35-27/h7-14H,3-6H2,1-2H3,(H,29,31). The zero-order chi connectivity index (χ0) is 24.4. The maximum Gasteiger partial charge on any atom is 0.261 e. The van der Waals surface area contributed by atoms with Crippen LogP contribution in [-0.2, 0) is 12.8 Å². The summed E-state index contributed by atoms with van der Waals surface area (Å²) in [5.74, 6) is 0.969. The van der Waals surface area contributed by atoms with E-state index in [1.165, 1.54) is 16.2 Å². The summed E-state index contributed by atoms with van der Waals surface area (Å²) in [5.41, 5.74) is 3.25. The average Bonchev–Trinajstić information content (AvgIpc) is 3.25. The summed E-state index contributed by atoms with van der Waals surface area (Å²) in [5, 5.41) is 14.0. The van der Waals surface area contributed by atoms with Gasteiger partial charge in [0.15, 0.2) is 0 Å². The van der Waals surface area contributed by atoms with Crippen LogP contribution in [0.4, 0.5) is 10.7 Å². The number of nitrogens with zero attached hydrogens (tertiary/aromatic N) is 2. The Labute approximate surface area is 206 Å². The van der Waals surface area contributed by atoms with Gasteiger partial charge in [0.1, 0.15) is 33.7 Å². The molecule has 8 heteroatoms. The molecule has 0 aliphatic heterocycles. The Kier molecular flexibility index (Phi) is 6.25. The molecule has 2 aromatic heterocycles. The third-order valence-corrected chi connectivity index (χ3v) is 7.20. The van der Waals surface area contributed by atoms with E-state index in [0.29, 0.717) is 38.7 Å². The normalized spacial score (nSPS) is 13.2. The highest BCUT2D eigenvalue weighted by Gasteiger charge is 2.21. The fourth-order valence-electron chi connectivity index (χ4n) is 4.19. The number of hydrogen-bond acceptors (Lipinski definition) is 7. The number of amides is 1. The van der Waals surface area contributed by atoms with Crippen LogP contribution in [0.5, 0.6) is 11.5 Å². The monoisotopic (exact) mass is 485 g/mol. The van der Waals surface area contributed by atoms with E-state index in [-0.39, 0.29) is 17.0 Å². The maximum absolute atomic E-state index is 13.4. The molecule has 1 amide bonds. The van der Waals surface area contributed by atoms with Crippen molar-refractivity contribution in [3.8, 4) is 17.6 Å². The largest absolute Gasteiger partial charge is 0.497 e. The second-order valence-electron chi connectivity index (χ2n) is 8.17. The fraction of sp³-hybridized carbons (Fsp3) is 0.222. The van der Waals surface area contributed by atoms with Gasteiger partial charge in [0.2, 0.25) is 5.55 Å². The average molecular weight is 486 g/mol. The van der Waals surface area contributed by atoms with E-state index in [4.69, 9.17) is 18.9 Å². The van der Waals surface area contributed by atoms with Gasteiger partial charge in [-0.05, 0) is 79.8 Å². The van der Waals surface area contributed by atoms with E-state index < -0.39 is 0 Å². The molecule has 35 heavy (non-hydrogen) atoms. The van der Waals surface area contributed by atoms with E-state index in [9.17, 15) is 10.1 Å². The van der Waals surface area contributed by atoms with Crippen molar-refractivity contribution < 1.29 is 18.7 Å². The molecule has 2 aromatic carbocycles. The number of nitrogens with one attached hydrogen (secondary N) is 1. The molecule has 0 bridgehead atoms. The Balaban J connectivity index is 1.64. The number of anilines is 1. The van der Waals surface area contributed by atoms with E-state index in [0.717, 1.165) is 31.2 Å². The maximum atomic E-state index is 13.4. The number of hydrogen-bond donors (Lipinski definition) is 1. The summed E-state index contributed by atoms with van der Waals surface area (Å²) in [6.07, 6.45) is 4.00. The van der Waals surface area contributed by atoms with Crippen LogP contribution < -0.4 is 20.3 Å². The van der Waals surface area contributed by atoms with Crippen molar-refractivity contribution in [1.82, 2.24) is 0 Å². The molecule has 0 radical (unpaired) electrons. The second kappa shape index (κ2) is 9.65. The minimum Gasteiger partial charge on any atom is -0.497 e. The molecule has 0 unspecified atom stereocenters. The Bertz CT molecular complexity index is 1530. The Hall–Kier alpha value is -4.09. The highest BCUT2D eigenvalue weighted by atomic mass is 32.1. The van der Waals surface area contributed by atoms with Gasteiger partial charge in [-0.15, -0.1) is 11.3 Å². The van der Waals surface area contributed by atoms with Gasteiger partial charge in [0.25, 0.3) is 5.91 Å². The molecule has 0 spiro atoms. The van der Waals surface area contributed by atoms with E-state index >= 15 is 0 Å². The van der Waals surface area contributed by atoms with Crippen LogP contribution >= 0.6 is 11.3 Å². The lowest BCUT2D eigenvalue weighted by Gasteiger charge is -2.09. The van der Waals surface area contributed by atoms with Gasteiger partial charge in [-0.1, -0.05) is 0 Å². The molecule has 1 aliphatic carbocycles. The molecule has 0 fully saturated rings. The van der Waals surface area contributed by atoms with Crippen molar-refractivity contribution in [3.05, 3.63) is 75.7 Å². The first kappa shape index (κ1) is 22.7. The minimum atomic E-state index is -0.373. The number of fused-ring (bicyclic) bond motifs is 2.